The first-order chi connectivity index (χ1) is 6.81. The number of aromatic nitrogens is 1. The minimum absolute atomic E-state index is 0.0701. The van der Waals surface area contributed by atoms with Gasteiger partial charge in [0.2, 0.25) is 0 Å². The van der Waals surface area contributed by atoms with E-state index in [4.69, 9.17) is 10.8 Å². The van der Waals surface area contributed by atoms with Crippen molar-refractivity contribution >= 4 is 10.9 Å². The summed E-state index contributed by atoms with van der Waals surface area (Å²) in [5.74, 6) is 0. The van der Waals surface area contributed by atoms with E-state index in [1.165, 1.54) is 0 Å². The van der Waals surface area contributed by atoms with Crippen LogP contribution in [0, 0.1) is 0 Å². The van der Waals surface area contributed by atoms with E-state index in [9.17, 15) is 0 Å². The van der Waals surface area contributed by atoms with Gasteiger partial charge in [0.15, 0.2) is 0 Å². The quantitative estimate of drug-likeness (QED) is 0.687. The molecule has 4 N–H and O–H groups in total. The number of hydrogen-bond acceptors (Lipinski definition) is 2. The van der Waals surface area contributed by atoms with Crippen molar-refractivity contribution in [3.63, 3.8) is 0 Å². The molecule has 1 unspecified atom stereocenters. The highest BCUT2D eigenvalue weighted by Crippen LogP contribution is 2.19. The SMILES string of the molecule is NC(CCO)c1ccc2[nH]ccc2c1. The predicted molar refractivity (Wildman–Crippen MR) is 56.9 cm³/mol. The number of aromatic amines is 1. The zero-order valence-corrected chi connectivity index (χ0v) is 7.90. The average Bonchev–Trinajstić information content (AvgIpc) is 2.64. The summed E-state index contributed by atoms with van der Waals surface area (Å²) in [6.07, 6.45) is 2.52. The number of aliphatic hydroxyl groups excluding tert-OH is 1. The van der Waals surface area contributed by atoms with E-state index in [0.717, 1.165) is 16.5 Å². The Morgan fingerprint density at radius 2 is 2.21 bits per heavy atom. The highest BCUT2D eigenvalue weighted by molar-refractivity contribution is 5.80. The highest BCUT2D eigenvalue weighted by atomic mass is 16.3. The lowest BCUT2D eigenvalue weighted by molar-refractivity contribution is 0.276. The van der Waals surface area contributed by atoms with Crippen LogP contribution in [0.25, 0.3) is 10.9 Å². The molecule has 0 fully saturated rings. The molecule has 0 radical (unpaired) electrons. The Morgan fingerprint density at radius 3 is 3.00 bits per heavy atom. The van der Waals surface area contributed by atoms with Crippen molar-refractivity contribution in [2.75, 3.05) is 6.61 Å². The second-order valence-corrected chi connectivity index (χ2v) is 3.44. The molecular weight excluding hydrogens is 176 g/mol. The van der Waals surface area contributed by atoms with Crippen molar-refractivity contribution in [2.24, 2.45) is 5.73 Å². The van der Waals surface area contributed by atoms with Crippen LogP contribution in [0.15, 0.2) is 30.5 Å². The second-order valence-electron chi connectivity index (χ2n) is 3.44. The number of hydrogen-bond donors (Lipinski definition) is 3. The lowest BCUT2D eigenvalue weighted by Crippen LogP contribution is -2.11. The lowest BCUT2D eigenvalue weighted by atomic mass is 10.0. The molecule has 3 nitrogen and oxygen atoms in total. The van der Waals surface area contributed by atoms with Gasteiger partial charge >= 0.3 is 0 Å². The molecule has 1 aromatic heterocycles. The van der Waals surface area contributed by atoms with Crippen LogP contribution in [-0.4, -0.2) is 16.7 Å². The van der Waals surface area contributed by atoms with Crippen molar-refractivity contribution in [1.29, 1.82) is 0 Å². The molecule has 1 atom stereocenters. The van der Waals surface area contributed by atoms with E-state index in [2.05, 4.69) is 11.1 Å². The molecular formula is C11H14N2O. The van der Waals surface area contributed by atoms with Gasteiger partial charge in [0.1, 0.15) is 0 Å². The zero-order chi connectivity index (χ0) is 9.97. The van der Waals surface area contributed by atoms with E-state index in [0.29, 0.717) is 6.42 Å². The Bertz CT molecular complexity index is 422. The van der Waals surface area contributed by atoms with Crippen molar-refractivity contribution in [3.05, 3.63) is 36.0 Å². The van der Waals surface area contributed by atoms with Gasteiger partial charge in [0.25, 0.3) is 0 Å². The van der Waals surface area contributed by atoms with Crippen LogP contribution >= 0.6 is 0 Å². The smallest absolute Gasteiger partial charge is 0.0454 e. The minimum Gasteiger partial charge on any atom is -0.396 e. The number of benzene rings is 1. The van der Waals surface area contributed by atoms with Gasteiger partial charge in [-0.05, 0) is 35.6 Å². The third-order valence-corrected chi connectivity index (χ3v) is 2.45. The normalized spacial score (nSPS) is 13.3. The first-order valence-corrected chi connectivity index (χ1v) is 4.75. The van der Waals surface area contributed by atoms with Gasteiger partial charge in [-0.15, -0.1) is 0 Å². The van der Waals surface area contributed by atoms with Crippen LogP contribution < -0.4 is 5.73 Å². The lowest BCUT2D eigenvalue weighted by Gasteiger charge is -2.09. The molecule has 2 rings (SSSR count). The summed E-state index contributed by atoms with van der Waals surface area (Å²) in [4.78, 5) is 3.13. The minimum atomic E-state index is -0.0701. The van der Waals surface area contributed by atoms with Crippen LogP contribution in [-0.2, 0) is 0 Å². The molecule has 0 saturated heterocycles. The van der Waals surface area contributed by atoms with E-state index < -0.39 is 0 Å². The van der Waals surface area contributed by atoms with Crippen LogP contribution in [0.3, 0.4) is 0 Å². The fraction of sp³-hybridized carbons (Fsp3) is 0.273. The summed E-state index contributed by atoms with van der Waals surface area (Å²) in [5.41, 5.74) is 8.09. The maximum absolute atomic E-state index is 8.79. The third kappa shape index (κ3) is 1.64. The molecule has 0 saturated carbocycles. The highest BCUT2D eigenvalue weighted by Gasteiger charge is 2.05. The summed E-state index contributed by atoms with van der Waals surface area (Å²) < 4.78 is 0. The Kier molecular flexibility index (Phi) is 2.52. The molecule has 0 aliphatic rings. The van der Waals surface area contributed by atoms with E-state index in [1.807, 2.05) is 24.4 Å². The standard InChI is InChI=1S/C11H14N2O/c12-10(4-6-14)8-1-2-11-9(7-8)3-5-13-11/h1-3,5,7,10,13-14H,4,6,12H2. The first kappa shape index (κ1) is 9.24. The van der Waals surface area contributed by atoms with Crippen molar-refractivity contribution in [3.8, 4) is 0 Å². The molecule has 3 heteroatoms. The number of nitrogens with one attached hydrogen (secondary N) is 1. The molecule has 0 bridgehead atoms. The first-order valence-electron chi connectivity index (χ1n) is 4.75. The van der Waals surface area contributed by atoms with Crippen LogP contribution in [0.1, 0.15) is 18.0 Å². The van der Waals surface area contributed by atoms with Crippen molar-refractivity contribution in [2.45, 2.75) is 12.5 Å². The maximum Gasteiger partial charge on any atom is 0.0454 e. The fourth-order valence-electron chi connectivity index (χ4n) is 1.61. The van der Waals surface area contributed by atoms with Crippen molar-refractivity contribution in [1.82, 2.24) is 4.98 Å². The average molecular weight is 190 g/mol. The van der Waals surface area contributed by atoms with Gasteiger partial charge in [0, 0.05) is 24.4 Å². The summed E-state index contributed by atoms with van der Waals surface area (Å²) in [6.45, 7) is 0.131. The topological polar surface area (TPSA) is 62.0 Å². The molecule has 1 heterocycles. The monoisotopic (exact) mass is 190 g/mol. The van der Waals surface area contributed by atoms with Crippen LogP contribution in [0.4, 0.5) is 0 Å². The molecule has 1 aromatic carbocycles. The van der Waals surface area contributed by atoms with Gasteiger partial charge in [-0.1, -0.05) is 6.07 Å². The Hall–Kier alpha value is -1.32. The third-order valence-electron chi connectivity index (χ3n) is 2.45. The van der Waals surface area contributed by atoms with Gasteiger partial charge in [-0.25, -0.2) is 0 Å². The van der Waals surface area contributed by atoms with Crippen molar-refractivity contribution < 1.29 is 5.11 Å². The van der Waals surface area contributed by atoms with Gasteiger partial charge in [-0.2, -0.15) is 0 Å². The number of aliphatic hydroxyl groups is 1. The van der Waals surface area contributed by atoms with Crippen LogP contribution in [0.5, 0.6) is 0 Å². The van der Waals surface area contributed by atoms with Gasteiger partial charge in [0.05, 0.1) is 0 Å². The molecule has 0 aliphatic heterocycles. The predicted octanol–water partition coefficient (Wildman–Crippen LogP) is 1.55. The van der Waals surface area contributed by atoms with E-state index >= 15 is 0 Å². The molecule has 74 valence electrons. The maximum atomic E-state index is 8.79. The molecule has 14 heavy (non-hydrogen) atoms. The van der Waals surface area contributed by atoms with Gasteiger partial charge < -0.3 is 15.8 Å². The summed E-state index contributed by atoms with van der Waals surface area (Å²) in [6, 6.07) is 8.02. The number of nitrogens with two attached hydrogens (primary N) is 1. The number of rotatable bonds is 3. The molecule has 0 amide bonds. The molecule has 0 spiro atoms. The number of H-pyrrole nitrogens is 1. The Morgan fingerprint density at radius 1 is 1.36 bits per heavy atom. The summed E-state index contributed by atoms with van der Waals surface area (Å²) >= 11 is 0. The zero-order valence-electron chi connectivity index (χ0n) is 7.90. The largest absolute Gasteiger partial charge is 0.396 e. The Labute approximate surface area is 82.6 Å². The summed E-state index contributed by atoms with van der Waals surface area (Å²) in [5, 5.41) is 9.95. The van der Waals surface area contributed by atoms with E-state index in [-0.39, 0.29) is 12.6 Å². The van der Waals surface area contributed by atoms with Gasteiger partial charge in [-0.3, -0.25) is 0 Å². The molecule has 2 aromatic rings. The number of fused-ring (bicyclic) bond motifs is 1. The fourth-order valence-corrected chi connectivity index (χ4v) is 1.61. The second kappa shape index (κ2) is 3.82. The molecule has 0 aliphatic carbocycles. The Balaban J connectivity index is 2.33. The summed E-state index contributed by atoms with van der Waals surface area (Å²) in [7, 11) is 0. The van der Waals surface area contributed by atoms with E-state index in [1.54, 1.807) is 0 Å². The van der Waals surface area contributed by atoms with Crippen LogP contribution in [0.2, 0.25) is 0 Å².